The second-order valence-electron chi connectivity index (χ2n) is 7.02. The van der Waals surface area contributed by atoms with Crippen LogP contribution >= 0.6 is 0 Å². The normalized spacial score (nSPS) is 14.5. The van der Waals surface area contributed by atoms with Crippen molar-refractivity contribution in [1.29, 1.82) is 0 Å². The van der Waals surface area contributed by atoms with Crippen molar-refractivity contribution in [3.63, 3.8) is 0 Å². The van der Waals surface area contributed by atoms with Gasteiger partial charge in [0.1, 0.15) is 0 Å². The summed E-state index contributed by atoms with van der Waals surface area (Å²) in [4.78, 5) is 2.48. The van der Waals surface area contributed by atoms with E-state index in [1.807, 2.05) is 50.5 Å². The van der Waals surface area contributed by atoms with Crippen LogP contribution in [0, 0.1) is 0 Å². The summed E-state index contributed by atoms with van der Waals surface area (Å²) in [7, 11) is 0.577. The Labute approximate surface area is 150 Å². The molecule has 0 amide bonds. The van der Waals surface area contributed by atoms with Gasteiger partial charge in [-0.05, 0) is 74.2 Å². The Hall–Kier alpha value is -1.69. The molecule has 25 heavy (non-hydrogen) atoms. The number of aryl methyl sites for hydroxylation is 2. The van der Waals surface area contributed by atoms with Crippen molar-refractivity contribution in [2.45, 2.75) is 43.7 Å². The molecule has 2 aromatic rings. The highest BCUT2D eigenvalue weighted by atomic mass is 32.2. The van der Waals surface area contributed by atoms with E-state index in [9.17, 15) is 8.42 Å². The molecule has 0 saturated carbocycles. The first-order valence-electron chi connectivity index (χ1n) is 8.78. The van der Waals surface area contributed by atoms with Crippen molar-refractivity contribution >= 4 is 10.0 Å². The van der Waals surface area contributed by atoms with Gasteiger partial charge in [0.25, 0.3) is 0 Å². The third kappa shape index (κ3) is 4.69. The van der Waals surface area contributed by atoms with Gasteiger partial charge in [-0.3, -0.25) is 0 Å². The standard InChI is InChI=1S/C20H26N2O2S/c1-22(2)15-17-9-7-16(8-10-17)14-21-25(23,24)20-12-11-18-5-3-4-6-19(18)13-20/h7-13,21H,3-6,14-15H2,1-2H3. The van der Waals surface area contributed by atoms with Crippen LogP contribution in [-0.2, 0) is 36.0 Å². The maximum Gasteiger partial charge on any atom is 0.240 e. The van der Waals surface area contributed by atoms with Crippen molar-refractivity contribution in [1.82, 2.24) is 9.62 Å². The molecule has 0 spiro atoms. The van der Waals surface area contributed by atoms with E-state index in [2.05, 4.69) is 9.62 Å². The van der Waals surface area contributed by atoms with E-state index in [0.717, 1.165) is 31.4 Å². The molecule has 0 bridgehead atoms. The number of hydrogen-bond donors (Lipinski definition) is 1. The molecular formula is C20H26N2O2S. The van der Waals surface area contributed by atoms with Gasteiger partial charge >= 0.3 is 0 Å². The average molecular weight is 359 g/mol. The highest BCUT2D eigenvalue weighted by molar-refractivity contribution is 7.89. The average Bonchev–Trinajstić information content (AvgIpc) is 2.60. The van der Waals surface area contributed by atoms with Crippen LogP contribution in [0.2, 0.25) is 0 Å². The molecule has 0 aromatic heterocycles. The molecule has 0 unspecified atom stereocenters. The van der Waals surface area contributed by atoms with E-state index in [1.54, 1.807) is 6.07 Å². The van der Waals surface area contributed by atoms with Crippen LogP contribution in [0.1, 0.15) is 35.1 Å². The molecule has 0 aliphatic heterocycles. The molecule has 4 nitrogen and oxygen atoms in total. The summed E-state index contributed by atoms with van der Waals surface area (Å²) in [6.07, 6.45) is 4.37. The number of hydrogen-bond acceptors (Lipinski definition) is 3. The number of rotatable bonds is 6. The van der Waals surface area contributed by atoms with E-state index in [-0.39, 0.29) is 0 Å². The highest BCUT2D eigenvalue weighted by Gasteiger charge is 2.17. The first-order valence-corrected chi connectivity index (χ1v) is 10.3. The minimum Gasteiger partial charge on any atom is -0.305 e. The van der Waals surface area contributed by atoms with Gasteiger partial charge in [0.05, 0.1) is 4.90 Å². The Morgan fingerprint density at radius 2 is 1.56 bits per heavy atom. The smallest absolute Gasteiger partial charge is 0.240 e. The van der Waals surface area contributed by atoms with Gasteiger partial charge in [-0.2, -0.15) is 0 Å². The largest absolute Gasteiger partial charge is 0.305 e. The molecule has 134 valence electrons. The van der Waals surface area contributed by atoms with Crippen LogP contribution in [0.5, 0.6) is 0 Å². The number of sulfonamides is 1. The van der Waals surface area contributed by atoms with Gasteiger partial charge < -0.3 is 4.90 Å². The first kappa shape index (κ1) is 18.1. The lowest BCUT2D eigenvalue weighted by molar-refractivity contribution is 0.402. The number of nitrogens with zero attached hydrogens (tertiary/aromatic N) is 1. The predicted octanol–water partition coefficient (Wildman–Crippen LogP) is 3.11. The van der Waals surface area contributed by atoms with Crippen LogP contribution in [0.25, 0.3) is 0 Å². The fraction of sp³-hybridized carbons (Fsp3) is 0.400. The van der Waals surface area contributed by atoms with Gasteiger partial charge in [0, 0.05) is 13.1 Å². The molecular weight excluding hydrogens is 332 g/mol. The summed E-state index contributed by atoms with van der Waals surface area (Å²) >= 11 is 0. The number of benzene rings is 2. The topological polar surface area (TPSA) is 49.4 Å². The summed E-state index contributed by atoms with van der Waals surface area (Å²) in [6, 6.07) is 13.6. The molecule has 0 fully saturated rings. The van der Waals surface area contributed by atoms with Gasteiger partial charge in [-0.1, -0.05) is 30.3 Å². The third-order valence-electron chi connectivity index (χ3n) is 4.62. The van der Waals surface area contributed by atoms with Gasteiger partial charge in [0.2, 0.25) is 10.0 Å². The van der Waals surface area contributed by atoms with E-state index in [0.29, 0.717) is 11.4 Å². The first-order chi connectivity index (χ1) is 11.9. The zero-order valence-corrected chi connectivity index (χ0v) is 15.8. The molecule has 1 aliphatic carbocycles. The molecule has 1 N–H and O–H groups in total. The summed E-state index contributed by atoms with van der Waals surface area (Å²) in [6.45, 7) is 1.18. The summed E-state index contributed by atoms with van der Waals surface area (Å²) < 4.78 is 27.9. The van der Waals surface area contributed by atoms with Crippen LogP contribution in [0.3, 0.4) is 0 Å². The summed E-state index contributed by atoms with van der Waals surface area (Å²) in [5.74, 6) is 0. The van der Waals surface area contributed by atoms with Crippen molar-refractivity contribution < 1.29 is 8.42 Å². The van der Waals surface area contributed by atoms with Crippen molar-refractivity contribution in [2.24, 2.45) is 0 Å². The van der Waals surface area contributed by atoms with Crippen molar-refractivity contribution in [3.05, 3.63) is 64.7 Å². The van der Waals surface area contributed by atoms with Crippen molar-refractivity contribution in [3.8, 4) is 0 Å². The molecule has 5 heteroatoms. The molecule has 0 atom stereocenters. The fourth-order valence-electron chi connectivity index (χ4n) is 3.27. The Morgan fingerprint density at radius 1 is 0.920 bits per heavy atom. The lowest BCUT2D eigenvalue weighted by Crippen LogP contribution is -2.23. The Kier molecular flexibility index (Phi) is 5.57. The minimum atomic E-state index is -3.48. The van der Waals surface area contributed by atoms with E-state index < -0.39 is 10.0 Å². The maximum atomic E-state index is 12.6. The minimum absolute atomic E-state index is 0.307. The predicted molar refractivity (Wildman–Crippen MR) is 101 cm³/mol. The second kappa shape index (κ2) is 7.68. The second-order valence-corrected chi connectivity index (χ2v) is 8.78. The lowest BCUT2D eigenvalue weighted by Gasteiger charge is -2.17. The van der Waals surface area contributed by atoms with Crippen LogP contribution in [-0.4, -0.2) is 27.4 Å². The van der Waals surface area contributed by atoms with Gasteiger partial charge in [-0.25, -0.2) is 13.1 Å². The quantitative estimate of drug-likeness (QED) is 0.863. The zero-order valence-electron chi connectivity index (χ0n) is 15.0. The Bertz CT molecular complexity index is 827. The molecule has 0 radical (unpaired) electrons. The van der Waals surface area contributed by atoms with Crippen LogP contribution in [0.4, 0.5) is 0 Å². The monoisotopic (exact) mass is 358 g/mol. The van der Waals surface area contributed by atoms with E-state index in [1.165, 1.54) is 23.1 Å². The fourth-order valence-corrected chi connectivity index (χ4v) is 4.33. The number of fused-ring (bicyclic) bond motifs is 1. The zero-order chi connectivity index (χ0) is 17.9. The van der Waals surface area contributed by atoms with Gasteiger partial charge in [0.15, 0.2) is 0 Å². The summed E-state index contributed by atoms with van der Waals surface area (Å²) in [5.41, 5.74) is 4.65. The van der Waals surface area contributed by atoms with E-state index >= 15 is 0 Å². The van der Waals surface area contributed by atoms with E-state index in [4.69, 9.17) is 0 Å². The molecule has 0 saturated heterocycles. The molecule has 1 aliphatic rings. The van der Waals surface area contributed by atoms with Gasteiger partial charge in [-0.15, -0.1) is 0 Å². The Morgan fingerprint density at radius 3 is 2.24 bits per heavy atom. The number of nitrogens with one attached hydrogen (secondary N) is 1. The SMILES string of the molecule is CN(C)Cc1ccc(CNS(=O)(=O)c2ccc3c(c2)CCCC3)cc1. The summed E-state index contributed by atoms with van der Waals surface area (Å²) in [5, 5.41) is 0. The van der Waals surface area contributed by atoms with Crippen molar-refractivity contribution in [2.75, 3.05) is 14.1 Å². The Balaban J connectivity index is 1.67. The maximum absolute atomic E-state index is 12.6. The highest BCUT2D eigenvalue weighted by Crippen LogP contribution is 2.24. The third-order valence-corrected chi connectivity index (χ3v) is 6.02. The molecule has 3 rings (SSSR count). The molecule has 2 aromatic carbocycles. The lowest BCUT2D eigenvalue weighted by atomic mass is 9.92. The van der Waals surface area contributed by atoms with Crippen LogP contribution in [0.15, 0.2) is 47.4 Å². The van der Waals surface area contributed by atoms with Crippen LogP contribution < -0.4 is 4.72 Å². The molecule has 0 heterocycles.